The van der Waals surface area contributed by atoms with Crippen LogP contribution in [0.15, 0.2) is 58.2 Å². The number of halogens is 1. The highest BCUT2D eigenvalue weighted by Crippen LogP contribution is 2.31. The monoisotopic (exact) mass is 489 g/mol. The van der Waals surface area contributed by atoms with E-state index in [1.807, 2.05) is 60.0 Å². The van der Waals surface area contributed by atoms with E-state index in [1.54, 1.807) is 6.92 Å². The van der Waals surface area contributed by atoms with Crippen molar-refractivity contribution in [2.75, 3.05) is 6.61 Å². The lowest BCUT2D eigenvalue weighted by molar-refractivity contribution is -0.119. The molecule has 1 atom stereocenters. The largest absolute Gasteiger partial charge is 0.494 e. The molecule has 0 saturated heterocycles. The predicted octanol–water partition coefficient (Wildman–Crippen LogP) is 3.77. The van der Waals surface area contributed by atoms with Gasteiger partial charge in [0, 0.05) is 15.7 Å². The van der Waals surface area contributed by atoms with Gasteiger partial charge in [-0.25, -0.2) is 4.79 Å². The molecule has 0 radical (unpaired) electrons. The van der Waals surface area contributed by atoms with Crippen LogP contribution < -0.4 is 15.8 Å². The van der Waals surface area contributed by atoms with Crippen LogP contribution in [0.4, 0.5) is 4.79 Å². The lowest BCUT2D eigenvalue weighted by Gasteiger charge is -2.14. The van der Waals surface area contributed by atoms with Gasteiger partial charge < -0.3 is 10.5 Å². The van der Waals surface area contributed by atoms with Gasteiger partial charge in [0.05, 0.1) is 11.9 Å². The molecule has 8 nitrogen and oxygen atoms in total. The standard InChI is InChI=1S/C20H20BrN5O3S/c1-3-29-16-10-8-15(9-11-16)26-17(13-4-6-14(21)7-5-13)24-25-20(26)30-12(2)18(27)23-19(22)28/h4-12H,3H2,1-2H3,(H3,22,23,27,28). The molecule has 3 amide bonds. The van der Waals surface area contributed by atoms with Crippen LogP contribution in [-0.4, -0.2) is 38.6 Å². The number of nitrogens with two attached hydrogens (primary N) is 1. The van der Waals surface area contributed by atoms with Crippen LogP contribution in [0.25, 0.3) is 17.1 Å². The molecule has 10 heteroatoms. The van der Waals surface area contributed by atoms with Crippen LogP contribution in [-0.2, 0) is 4.79 Å². The summed E-state index contributed by atoms with van der Waals surface area (Å²) in [5.41, 5.74) is 6.72. The zero-order valence-corrected chi connectivity index (χ0v) is 18.7. The number of primary amides is 1. The maximum Gasteiger partial charge on any atom is 0.318 e. The molecular formula is C20H20BrN5O3S. The van der Waals surface area contributed by atoms with Crippen molar-refractivity contribution in [1.29, 1.82) is 0 Å². The molecule has 30 heavy (non-hydrogen) atoms. The van der Waals surface area contributed by atoms with E-state index < -0.39 is 17.2 Å². The summed E-state index contributed by atoms with van der Waals surface area (Å²) in [7, 11) is 0. The van der Waals surface area contributed by atoms with Gasteiger partial charge in [-0.1, -0.05) is 39.8 Å². The molecule has 0 saturated carbocycles. The Morgan fingerprint density at radius 1 is 1.17 bits per heavy atom. The lowest BCUT2D eigenvalue weighted by Crippen LogP contribution is -2.39. The van der Waals surface area contributed by atoms with Crippen LogP contribution >= 0.6 is 27.7 Å². The third kappa shape index (κ3) is 5.19. The third-order valence-electron chi connectivity index (χ3n) is 4.04. The quantitative estimate of drug-likeness (QED) is 0.488. The Bertz CT molecular complexity index is 1040. The summed E-state index contributed by atoms with van der Waals surface area (Å²) in [6.07, 6.45) is 0. The first kappa shape index (κ1) is 21.8. The highest BCUT2D eigenvalue weighted by atomic mass is 79.9. The average molecular weight is 490 g/mol. The molecule has 0 aliphatic heterocycles. The molecule has 0 aliphatic carbocycles. The van der Waals surface area contributed by atoms with Crippen molar-refractivity contribution in [3.05, 3.63) is 53.0 Å². The van der Waals surface area contributed by atoms with E-state index >= 15 is 0 Å². The second-order valence-electron chi connectivity index (χ2n) is 6.19. The summed E-state index contributed by atoms with van der Waals surface area (Å²) in [5.74, 6) is 0.874. The number of aromatic nitrogens is 3. The van der Waals surface area contributed by atoms with E-state index in [-0.39, 0.29) is 0 Å². The van der Waals surface area contributed by atoms with Gasteiger partial charge in [0.1, 0.15) is 5.75 Å². The fourth-order valence-electron chi connectivity index (χ4n) is 2.66. The number of carbonyl (C=O) groups excluding carboxylic acids is 2. The van der Waals surface area contributed by atoms with Crippen molar-refractivity contribution >= 4 is 39.6 Å². The number of urea groups is 1. The van der Waals surface area contributed by atoms with Crippen molar-refractivity contribution < 1.29 is 14.3 Å². The summed E-state index contributed by atoms with van der Waals surface area (Å²) in [4.78, 5) is 23.1. The van der Waals surface area contributed by atoms with Gasteiger partial charge in [-0.3, -0.25) is 14.7 Å². The summed E-state index contributed by atoms with van der Waals surface area (Å²) >= 11 is 4.61. The summed E-state index contributed by atoms with van der Waals surface area (Å²) < 4.78 is 8.33. The van der Waals surface area contributed by atoms with Crippen LogP contribution in [0.5, 0.6) is 5.75 Å². The minimum absolute atomic E-state index is 0.501. The normalized spacial score (nSPS) is 11.7. The molecule has 0 aliphatic rings. The molecule has 3 rings (SSSR count). The fourth-order valence-corrected chi connectivity index (χ4v) is 3.79. The Hall–Kier alpha value is -2.85. The number of thioether (sulfide) groups is 1. The maximum absolute atomic E-state index is 12.1. The molecule has 3 aromatic rings. The molecule has 1 unspecified atom stereocenters. The molecule has 2 aromatic carbocycles. The van der Waals surface area contributed by atoms with Crippen LogP contribution in [0.1, 0.15) is 13.8 Å². The van der Waals surface area contributed by atoms with Crippen LogP contribution in [0.2, 0.25) is 0 Å². The Morgan fingerprint density at radius 2 is 1.83 bits per heavy atom. The second kappa shape index (κ2) is 9.77. The van der Waals surface area contributed by atoms with Crippen LogP contribution in [0.3, 0.4) is 0 Å². The molecule has 1 heterocycles. The highest BCUT2D eigenvalue weighted by Gasteiger charge is 2.22. The average Bonchev–Trinajstić information content (AvgIpc) is 3.12. The number of nitrogens with zero attached hydrogens (tertiary/aromatic N) is 3. The van der Waals surface area contributed by atoms with Crippen LogP contribution in [0, 0.1) is 0 Å². The van der Waals surface area contributed by atoms with E-state index in [1.165, 1.54) is 11.8 Å². The SMILES string of the molecule is CCOc1ccc(-n2c(SC(C)C(=O)NC(N)=O)nnc2-c2ccc(Br)cc2)cc1. The zero-order valence-electron chi connectivity index (χ0n) is 16.3. The molecule has 1 aromatic heterocycles. The predicted molar refractivity (Wildman–Crippen MR) is 119 cm³/mol. The minimum Gasteiger partial charge on any atom is -0.494 e. The third-order valence-corrected chi connectivity index (χ3v) is 5.61. The molecule has 0 bridgehead atoms. The number of ether oxygens (including phenoxy) is 1. The Labute approximate surface area is 186 Å². The van der Waals surface area contributed by atoms with Gasteiger partial charge in [-0.15, -0.1) is 10.2 Å². The first-order valence-corrected chi connectivity index (χ1v) is 10.8. The van der Waals surface area contributed by atoms with Gasteiger partial charge in [-0.2, -0.15) is 0 Å². The number of hydrogen-bond acceptors (Lipinski definition) is 6. The Balaban J connectivity index is 2.01. The van der Waals surface area contributed by atoms with Crippen molar-refractivity contribution in [1.82, 2.24) is 20.1 Å². The minimum atomic E-state index is -0.893. The molecular weight excluding hydrogens is 470 g/mol. The van der Waals surface area contributed by atoms with Crippen molar-refractivity contribution in [2.24, 2.45) is 5.73 Å². The zero-order chi connectivity index (χ0) is 21.7. The Kier molecular flexibility index (Phi) is 7.11. The van der Waals surface area contributed by atoms with Crippen molar-refractivity contribution in [2.45, 2.75) is 24.3 Å². The molecule has 0 spiro atoms. The van der Waals surface area contributed by atoms with E-state index in [9.17, 15) is 9.59 Å². The Morgan fingerprint density at radius 3 is 2.43 bits per heavy atom. The number of imide groups is 1. The summed E-state index contributed by atoms with van der Waals surface area (Å²) in [6, 6.07) is 14.3. The highest BCUT2D eigenvalue weighted by molar-refractivity contribution is 9.10. The smallest absolute Gasteiger partial charge is 0.318 e. The fraction of sp³-hybridized carbons (Fsp3) is 0.200. The van der Waals surface area contributed by atoms with Gasteiger partial charge in [0.15, 0.2) is 11.0 Å². The first-order chi connectivity index (χ1) is 14.4. The van der Waals surface area contributed by atoms with E-state index in [4.69, 9.17) is 10.5 Å². The van der Waals surface area contributed by atoms with E-state index in [2.05, 4.69) is 31.4 Å². The number of hydrogen-bond donors (Lipinski definition) is 2. The number of rotatable bonds is 7. The number of carbonyl (C=O) groups is 2. The van der Waals surface area contributed by atoms with Gasteiger partial charge in [-0.05, 0) is 50.2 Å². The van der Waals surface area contributed by atoms with Gasteiger partial charge in [0.2, 0.25) is 5.91 Å². The number of benzene rings is 2. The number of amides is 3. The molecule has 0 fully saturated rings. The van der Waals surface area contributed by atoms with Crippen molar-refractivity contribution in [3.63, 3.8) is 0 Å². The lowest BCUT2D eigenvalue weighted by atomic mass is 10.2. The van der Waals surface area contributed by atoms with E-state index in [0.717, 1.165) is 21.5 Å². The second-order valence-corrected chi connectivity index (χ2v) is 8.41. The van der Waals surface area contributed by atoms with Gasteiger partial charge >= 0.3 is 6.03 Å². The topological polar surface area (TPSA) is 112 Å². The summed E-state index contributed by atoms with van der Waals surface area (Å²) in [6.45, 7) is 4.16. The molecule has 3 N–H and O–H groups in total. The number of nitrogens with one attached hydrogen (secondary N) is 1. The van der Waals surface area contributed by atoms with E-state index in [0.29, 0.717) is 17.6 Å². The summed E-state index contributed by atoms with van der Waals surface area (Å²) in [5, 5.41) is 10.6. The first-order valence-electron chi connectivity index (χ1n) is 9.10. The van der Waals surface area contributed by atoms with Crippen molar-refractivity contribution in [3.8, 4) is 22.8 Å². The van der Waals surface area contributed by atoms with Gasteiger partial charge in [0.25, 0.3) is 0 Å². The maximum atomic E-state index is 12.1. The molecule has 156 valence electrons.